The number of amides is 3. The van der Waals surface area contributed by atoms with Crippen LogP contribution in [-0.2, 0) is 14.3 Å². The van der Waals surface area contributed by atoms with Gasteiger partial charge in [0.05, 0.1) is 24.2 Å². The molecule has 190 valence electrons. The Labute approximate surface area is 217 Å². The van der Waals surface area contributed by atoms with Crippen LogP contribution in [0.3, 0.4) is 0 Å². The van der Waals surface area contributed by atoms with Gasteiger partial charge in [-0.15, -0.1) is 0 Å². The molecule has 1 aliphatic heterocycles. The van der Waals surface area contributed by atoms with Crippen LogP contribution >= 0.6 is 11.8 Å². The Kier molecular flexibility index (Phi) is 7.78. The zero-order chi connectivity index (χ0) is 26.5. The van der Waals surface area contributed by atoms with Crippen LogP contribution in [-0.4, -0.2) is 48.2 Å². The van der Waals surface area contributed by atoms with E-state index in [1.54, 1.807) is 54.6 Å². The highest BCUT2D eigenvalue weighted by Crippen LogP contribution is 2.34. The molecule has 0 bridgehead atoms. The largest absolute Gasteiger partial charge is 0.494 e. The van der Waals surface area contributed by atoms with E-state index in [-0.39, 0.29) is 4.91 Å². The minimum absolute atomic E-state index is 0.150. The number of anilines is 1. The highest BCUT2D eigenvalue weighted by molar-refractivity contribution is 8.18. The Morgan fingerprint density at radius 3 is 2.51 bits per heavy atom. The minimum Gasteiger partial charge on any atom is -0.494 e. The molecule has 10 heteroatoms. The molecule has 0 unspecified atom stereocenters. The molecule has 0 atom stereocenters. The van der Waals surface area contributed by atoms with Gasteiger partial charge >= 0.3 is 5.97 Å². The van der Waals surface area contributed by atoms with E-state index >= 15 is 0 Å². The number of nitrogens with one attached hydrogen (secondary N) is 1. The van der Waals surface area contributed by atoms with Crippen molar-refractivity contribution in [2.75, 3.05) is 25.6 Å². The van der Waals surface area contributed by atoms with Crippen molar-refractivity contribution >= 4 is 46.5 Å². The van der Waals surface area contributed by atoms with Gasteiger partial charge in [0.25, 0.3) is 11.1 Å². The lowest BCUT2D eigenvalue weighted by atomic mass is 10.0. The zero-order valence-corrected chi connectivity index (χ0v) is 21.2. The number of furan rings is 1. The van der Waals surface area contributed by atoms with Gasteiger partial charge in [0.2, 0.25) is 5.91 Å². The predicted molar refractivity (Wildman–Crippen MR) is 139 cm³/mol. The van der Waals surface area contributed by atoms with Crippen molar-refractivity contribution in [2.45, 2.75) is 13.8 Å². The molecular weight excluding hydrogens is 496 g/mol. The maximum absolute atomic E-state index is 12.8. The third kappa shape index (κ3) is 5.92. The van der Waals surface area contributed by atoms with E-state index in [1.807, 2.05) is 13.8 Å². The van der Waals surface area contributed by atoms with Crippen molar-refractivity contribution in [3.05, 3.63) is 76.4 Å². The molecule has 0 radical (unpaired) electrons. The summed E-state index contributed by atoms with van der Waals surface area (Å²) in [7, 11) is 1.32. The molecule has 2 aromatic carbocycles. The van der Waals surface area contributed by atoms with Gasteiger partial charge in [-0.2, -0.15) is 0 Å². The number of methoxy groups -OCH3 is 1. The second kappa shape index (κ2) is 11.2. The van der Waals surface area contributed by atoms with Gasteiger partial charge in [0.1, 0.15) is 23.8 Å². The molecule has 3 amide bonds. The topological polar surface area (TPSA) is 115 Å². The molecule has 3 aromatic rings. The highest BCUT2D eigenvalue weighted by Gasteiger charge is 2.36. The molecule has 37 heavy (non-hydrogen) atoms. The smallest absolute Gasteiger partial charge is 0.337 e. The summed E-state index contributed by atoms with van der Waals surface area (Å²) in [6.07, 6.45) is 1.47. The van der Waals surface area contributed by atoms with Gasteiger partial charge in [-0.05, 0) is 79.7 Å². The number of nitrogens with zero attached hydrogens (tertiary/aromatic N) is 1. The van der Waals surface area contributed by atoms with Crippen molar-refractivity contribution in [3.8, 4) is 17.1 Å². The lowest BCUT2D eigenvalue weighted by Gasteiger charge is -2.12. The fourth-order valence-electron chi connectivity index (χ4n) is 3.67. The SMILES string of the molecule is CCOc1ccc(NC(=O)CN2C(=O)S/C(=C\c3ccc(-c4ccc(C(=O)OC)cc4C)o3)C2=O)cc1. The number of imide groups is 1. The van der Waals surface area contributed by atoms with Crippen molar-refractivity contribution in [3.63, 3.8) is 0 Å². The Bertz CT molecular complexity index is 1390. The summed E-state index contributed by atoms with van der Waals surface area (Å²) in [4.78, 5) is 50.5. The van der Waals surface area contributed by atoms with Crippen LogP contribution in [0.4, 0.5) is 10.5 Å². The molecular formula is C27H24N2O7S. The van der Waals surface area contributed by atoms with E-state index in [0.29, 0.717) is 35.1 Å². The number of aryl methyl sites for hydroxylation is 1. The van der Waals surface area contributed by atoms with E-state index in [1.165, 1.54) is 13.2 Å². The van der Waals surface area contributed by atoms with Gasteiger partial charge in [-0.1, -0.05) is 6.07 Å². The maximum atomic E-state index is 12.8. The Hall–Kier alpha value is -4.31. The van der Waals surface area contributed by atoms with Crippen molar-refractivity contribution in [1.29, 1.82) is 0 Å². The molecule has 2 heterocycles. The Balaban J connectivity index is 1.42. The fraction of sp³-hybridized carbons (Fsp3) is 0.185. The number of hydrogen-bond donors (Lipinski definition) is 1. The third-order valence-corrected chi connectivity index (χ3v) is 6.34. The number of ether oxygens (including phenoxy) is 2. The summed E-state index contributed by atoms with van der Waals surface area (Å²) in [6.45, 7) is 3.83. The molecule has 1 N–H and O–H groups in total. The monoisotopic (exact) mass is 520 g/mol. The van der Waals surface area contributed by atoms with Crippen LogP contribution in [0.15, 0.2) is 63.9 Å². The van der Waals surface area contributed by atoms with Gasteiger partial charge in [0.15, 0.2) is 0 Å². The van der Waals surface area contributed by atoms with Gasteiger partial charge < -0.3 is 19.2 Å². The average molecular weight is 521 g/mol. The van der Waals surface area contributed by atoms with Crippen LogP contribution < -0.4 is 10.1 Å². The maximum Gasteiger partial charge on any atom is 0.337 e. The van der Waals surface area contributed by atoms with E-state index in [0.717, 1.165) is 27.8 Å². The predicted octanol–water partition coefficient (Wildman–Crippen LogP) is 5.12. The van der Waals surface area contributed by atoms with Crippen LogP contribution in [0.5, 0.6) is 5.75 Å². The van der Waals surface area contributed by atoms with Crippen molar-refractivity contribution < 1.29 is 33.1 Å². The zero-order valence-electron chi connectivity index (χ0n) is 20.4. The van der Waals surface area contributed by atoms with Crippen LogP contribution in [0.1, 0.15) is 28.6 Å². The number of thioether (sulfide) groups is 1. The molecule has 0 spiro atoms. The van der Waals surface area contributed by atoms with Gasteiger partial charge in [-0.25, -0.2) is 4.79 Å². The average Bonchev–Trinajstić information content (AvgIpc) is 3.44. The minimum atomic E-state index is -0.576. The lowest BCUT2D eigenvalue weighted by molar-refractivity contribution is -0.127. The first-order valence-electron chi connectivity index (χ1n) is 11.4. The Morgan fingerprint density at radius 1 is 1.08 bits per heavy atom. The summed E-state index contributed by atoms with van der Waals surface area (Å²) < 4.78 is 16.0. The number of benzene rings is 2. The van der Waals surface area contributed by atoms with Crippen molar-refractivity contribution in [1.82, 2.24) is 4.90 Å². The third-order valence-electron chi connectivity index (χ3n) is 5.44. The number of esters is 1. The normalized spacial score (nSPS) is 14.2. The molecule has 1 fully saturated rings. The van der Waals surface area contributed by atoms with E-state index < -0.39 is 29.6 Å². The number of carbonyl (C=O) groups is 4. The van der Waals surface area contributed by atoms with Crippen LogP contribution in [0.25, 0.3) is 17.4 Å². The number of hydrogen-bond acceptors (Lipinski definition) is 8. The quantitative estimate of drug-likeness (QED) is 0.322. The summed E-state index contributed by atoms with van der Waals surface area (Å²) in [6, 6.07) is 15.3. The van der Waals surface area contributed by atoms with E-state index in [2.05, 4.69) is 5.32 Å². The molecule has 4 rings (SSSR count). The van der Waals surface area contributed by atoms with E-state index in [4.69, 9.17) is 13.9 Å². The van der Waals surface area contributed by atoms with E-state index in [9.17, 15) is 19.2 Å². The number of carbonyl (C=O) groups excluding carboxylic acids is 4. The summed E-state index contributed by atoms with van der Waals surface area (Å²) in [5, 5.41) is 2.13. The summed E-state index contributed by atoms with van der Waals surface area (Å²) in [5.41, 5.74) is 2.53. The standard InChI is InChI=1S/C27H24N2O7S/c1-4-35-19-8-6-18(7-9-19)28-24(30)15-29-25(31)23(37-27(29)33)14-20-10-12-22(36-20)21-11-5-17(13-16(21)2)26(32)34-3/h5-14H,4,15H2,1-3H3,(H,28,30)/b23-14-. The second-order valence-corrected chi connectivity index (χ2v) is 8.99. The first-order chi connectivity index (χ1) is 17.8. The molecule has 1 aromatic heterocycles. The Morgan fingerprint density at radius 2 is 1.84 bits per heavy atom. The highest BCUT2D eigenvalue weighted by atomic mass is 32.2. The molecule has 1 saturated heterocycles. The lowest BCUT2D eigenvalue weighted by Crippen LogP contribution is -2.36. The van der Waals surface area contributed by atoms with Crippen molar-refractivity contribution in [2.24, 2.45) is 0 Å². The summed E-state index contributed by atoms with van der Waals surface area (Å²) >= 11 is 0.739. The fourth-order valence-corrected chi connectivity index (χ4v) is 4.49. The molecule has 1 aliphatic rings. The first kappa shape index (κ1) is 25.8. The first-order valence-corrected chi connectivity index (χ1v) is 12.2. The van der Waals surface area contributed by atoms with Gasteiger partial charge in [0, 0.05) is 17.3 Å². The molecule has 0 saturated carbocycles. The number of rotatable bonds is 8. The van der Waals surface area contributed by atoms with Gasteiger partial charge in [-0.3, -0.25) is 19.3 Å². The molecule has 9 nitrogen and oxygen atoms in total. The van der Waals surface area contributed by atoms with Crippen LogP contribution in [0, 0.1) is 6.92 Å². The molecule has 0 aliphatic carbocycles. The summed E-state index contributed by atoms with van der Waals surface area (Å²) in [5.74, 6) is 0.0712. The van der Waals surface area contributed by atoms with Crippen LogP contribution in [0.2, 0.25) is 0 Å². The second-order valence-electron chi connectivity index (χ2n) is 8.00.